The molecular formula is C23H39N5O4. The number of likely N-dealkylation sites (tertiary alicyclic amines) is 1. The summed E-state index contributed by atoms with van der Waals surface area (Å²) in [5.41, 5.74) is 0.604. The largest absolute Gasteiger partial charge is 0.493 e. The van der Waals surface area contributed by atoms with Crippen LogP contribution in [-0.2, 0) is 4.74 Å². The van der Waals surface area contributed by atoms with Crippen LogP contribution in [0.25, 0.3) is 0 Å². The minimum absolute atomic E-state index is 0.0268. The lowest BCUT2D eigenvalue weighted by Crippen LogP contribution is -2.45. The van der Waals surface area contributed by atoms with Crippen molar-refractivity contribution in [3.63, 3.8) is 0 Å². The van der Waals surface area contributed by atoms with Gasteiger partial charge in [-0.15, -0.1) is 0 Å². The summed E-state index contributed by atoms with van der Waals surface area (Å²) in [5.74, 6) is 2.22. The number of benzene rings is 1. The molecule has 1 fully saturated rings. The standard InChI is InChI=1S/C23H39N5O4/c1-23(2,3)32-22(29)26-17-11-12-28(15-17)21(24-4)25-14-18(27(5)6)16-9-10-19(30-7)20(13-16)31-8/h9-10,13,17-18H,11-12,14-15H2,1-8H3,(H,24,25)(H,26,29). The SMILES string of the molecule is CN=C(NCC(c1ccc(OC)c(OC)c1)N(C)C)N1CCC(NC(=O)OC(C)(C)C)C1. The Morgan fingerprint density at radius 1 is 1.25 bits per heavy atom. The molecule has 0 saturated carbocycles. The maximum absolute atomic E-state index is 12.1. The molecule has 0 radical (unpaired) electrons. The summed E-state index contributed by atoms with van der Waals surface area (Å²) < 4.78 is 16.2. The number of methoxy groups -OCH3 is 2. The van der Waals surface area contributed by atoms with E-state index in [0.717, 1.165) is 24.5 Å². The molecule has 0 bridgehead atoms. The van der Waals surface area contributed by atoms with E-state index in [0.29, 0.717) is 24.6 Å². The van der Waals surface area contributed by atoms with Crippen molar-refractivity contribution in [2.75, 3.05) is 55.0 Å². The Kier molecular flexibility index (Phi) is 9.00. The smallest absolute Gasteiger partial charge is 0.407 e. The molecule has 2 atom stereocenters. The van der Waals surface area contributed by atoms with Crippen molar-refractivity contribution in [3.8, 4) is 11.5 Å². The lowest BCUT2D eigenvalue weighted by molar-refractivity contribution is 0.0507. The number of ether oxygens (including phenoxy) is 3. The lowest BCUT2D eigenvalue weighted by Gasteiger charge is -2.29. The van der Waals surface area contributed by atoms with E-state index in [4.69, 9.17) is 14.2 Å². The van der Waals surface area contributed by atoms with Crippen LogP contribution in [-0.4, -0.2) is 88.5 Å². The quantitative estimate of drug-likeness (QED) is 0.488. The zero-order valence-corrected chi connectivity index (χ0v) is 20.7. The van der Waals surface area contributed by atoms with Crippen molar-refractivity contribution in [3.05, 3.63) is 23.8 Å². The number of aliphatic imine (C=N–C) groups is 1. The van der Waals surface area contributed by atoms with Crippen LogP contribution < -0.4 is 20.1 Å². The van der Waals surface area contributed by atoms with E-state index in [1.807, 2.05) is 53.1 Å². The number of nitrogens with zero attached hydrogens (tertiary/aromatic N) is 3. The van der Waals surface area contributed by atoms with Gasteiger partial charge in [-0.05, 0) is 59.0 Å². The Hall–Kier alpha value is -2.68. The van der Waals surface area contributed by atoms with Crippen molar-refractivity contribution < 1.29 is 19.0 Å². The maximum Gasteiger partial charge on any atom is 0.407 e. The van der Waals surface area contributed by atoms with Crippen molar-refractivity contribution in [2.45, 2.75) is 44.9 Å². The first kappa shape index (κ1) is 25.6. The number of alkyl carbamates (subject to hydrolysis) is 1. The Morgan fingerprint density at radius 3 is 2.50 bits per heavy atom. The van der Waals surface area contributed by atoms with Gasteiger partial charge < -0.3 is 34.6 Å². The molecule has 1 saturated heterocycles. The second-order valence-electron chi connectivity index (χ2n) is 9.10. The molecule has 180 valence electrons. The molecule has 0 aromatic heterocycles. The zero-order chi connectivity index (χ0) is 23.9. The number of guanidine groups is 1. The van der Waals surface area contributed by atoms with Crippen LogP contribution >= 0.6 is 0 Å². The number of hydrogen-bond donors (Lipinski definition) is 2. The number of nitrogens with one attached hydrogen (secondary N) is 2. The fourth-order valence-corrected chi connectivity index (χ4v) is 3.72. The number of likely N-dealkylation sites (N-methyl/N-ethyl adjacent to an activating group) is 1. The van der Waals surface area contributed by atoms with Gasteiger partial charge in [-0.2, -0.15) is 0 Å². The van der Waals surface area contributed by atoms with Gasteiger partial charge in [0.25, 0.3) is 0 Å². The van der Waals surface area contributed by atoms with Gasteiger partial charge in [0.05, 0.1) is 26.3 Å². The van der Waals surface area contributed by atoms with Crippen LogP contribution in [0.3, 0.4) is 0 Å². The van der Waals surface area contributed by atoms with Crippen LogP contribution in [0.5, 0.6) is 11.5 Å². The highest BCUT2D eigenvalue weighted by Gasteiger charge is 2.28. The van der Waals surface area contributed by atoms with Gasteiger partial charge in [0.1, 0.15) is 5.60 Å². The molecule has 2 rings (SSSR count). The monoisotopic (exact) mass is 449 g/mol. The molecule has 1 amide bonds. The van der Waals surface area contributed by atoms with E-state index in [1.165, 1.54) is 0 Å². The molecule has 1 aliphatic rings. The Morgan fingerprint density at radius 2 is 1.94 bits per heavy atom. The molecule has 0 spiro atoms. The molecule has 9 heteroatoms. The summed E-state index contributed by atoms with van der Waals surface area (Å²) in [6, 6.07) is 6.11. The topological polar surface area (TPSA) is 87.7 Å². The van der Waals surface area contributed by atoms with Crippen molar-refractivity contribution in [2.24, 2.45) is 4.99 Å². The second-order valence-corrected chi connectivity index (χ2v) is 9.10. The molecule has 1 aromatic carbocycles. The van der Waals surface area contributed by atoms with Gasteiger partial charge in [0.15, 0.2) is 17.5 Å². The van der Waals surface area contributed by atoms with Crippen LogP contribution in [0.15, 0.2) is 23.2 Å². The second kappa shape index (κ2) is 11.3. The number of hydrogen-bond acceptors (Lipinski definition) is 6. The van der Waals surface area contributed by atoms with Gasteiger partial charge in [-0.25, -0.2) is 4.79 Å². The summed E-state index contributed by atoms with van der Waals surface area (Å²) in [5, 5.41) is 6.44. The highest BCUT2D eigenvalue weighted by Crippen LogP contribution is 2.31. The van der Waals surface area contributed by atoms with E-state index in [1.54, 1.807) is 21.3 Å². The lowest BCUT2D eigenvalue weighted by atomic mass is 10.1. The van der Waals surface area contributed by atoms with Crippen LogP contribution in [0.2, 0.25) is 0 Å². The highest BCUT2D eigenvalue weighted by atomic mass is 16.6. The average molecular weight is 450 g/mol. The van der Waals surface area contributed by atoms with Crippen molar-refractivity contribution >= 4 is 12.1 Å². The van der Waals surface area contributed by atoms with E-state index < -0.39 is 5.60 Å². The van der Waals surface area contributed by atoms with Crippen molar-refractivity contribution in [1.82, 2.24) is 20.4 Å². The van der Waals surface area contributed by atoms with Gasteiger partial charge in [-0.1, -0.05) is 6.07 Å². The van der Waals surface area contributed by atoms with E-state index in [9.17, 15) is 4.79 Å². The molecular weight excluding hydrogens is 410 g/mol. The Labute approximate surface area is 192 Å². The molecule has 32 heavy (non-hydrogen) atoms. The Bertz CT molecular complexity index is 791. The van der Waals surface area contributed by atoms with Gasteiger partial charge in [0, 0.05) is 26.7 Å². The summed E-state index contributed by atoms with van der Waals surface area (Å²) in [6.45, 7) is 7.73. The predicted octanol–water partition coefficient (Wildman–Crippen LogP) is 2.48. The van der Waals surface area contributed by atoms with Gasteiger partial charge in [0.2, 0.25) is 0 Å². The molecule has 0 aliphatic carbocycles. The number of rotatable bonds is 7. The highest BCUT2D eigenvalue weighted by molar-refractivity contribution is 5.80. The van der Waals surface area contributed by atoms with Gasteiger partial charge >= 0.3 is 6.09 Å². The first-order valence-corrected chi connectivity index (χ1v) is 10.9. The Balaban J connectivity index is 1.99. The van der Waals surface area contributed by atoms with Crippen LogP contribution in [0, 0.1) is 0 Å². The number of carbonyl (C=O) groups excluding carboxylic acids is 1. The van der Waals surface area contributed by atoms with E-state index >= 15 is 0 Å². The normalized spacial score (nSPS) is 17.8. The third kappa shape index (κ3) is 7.19. The van der Waals surface area contributed by atoms with Gasteiger partial charge in [-0.3, -0.25) is 4.99 Å². The summed E-state index contributed by atoms with van der Waals surface area (Å²) >= 11 is 0. The van der Waals surface area contributed by atoms with E-state index in [2.05, 4.69) is 25.4 Å². The molecule has 9 nitrogen and oxygen atoms in total. The third-order valence-corrected chi connectivity index (χ3v) is 5.29. The molecule has 1 heterocycles. The maximum atomic E-state index is 12.1. The van der Waals surface area contributed by atoms with Crippen molar-refractivity contribution in [1.29, 1.82) is 0 Å². The molecule has 2 N–H and O–H groups in total. The first-order chi connectivity index (χ1) is 15.1. The van der Waals surface area contributed by atoms with Crippen LogP contribution in [0.4, 0.5) is 4.79 Å². The average Bonchev–Trinajstić information content (AvgIpc) is 3.17. The third-order valence-electron chi connectivity index (χ3n) is 5.29. The molecule has 2 unspecified atom stereocenters. The molecule has 1 aromatic rings. The number of amides is 1. The van der Waals surface area contributed by atoms with E-state index in [-0.39, 0.29) is 18.2 Å². The fraction of sp³-hybridized carbons (Fsp3) is 0.652. The predicted molar refractivity (Wildman–Crippen MR) is 127 cm³/mol. The fourth-order valence-electron chi connectivity index (χ4n) is 3.72. The summed E-state index contributed by atoms with van der Waals surface area (Å²) in [7, 11) is 9.14. The summed E-state index contributed by atoms with van der Waals surface area (Å²) in [4.78, 5) is 20.8. The first-order valence-electron chi connectivity index (χ1n) is 10.9. The molecule has 1 aliphatic heterocycles. The minimum Gasteiger partial charge on any atom is -0.493 e. The van der Waals surface area contributed by atoms with Crippen LogP contribution in [0.1, 0.15) is 38.8 Å². The minimum atomic E-state index is -0.509. The summed E-state index contributed by atoms with van der Waals surface area (Å²) in [6.07, 6.45) is 0.459. The zero-order valence-electron chi connectivity index (χ0n) is 20.7. The number of carbonyl (C=O) groups is 1.